The zero-order valence-corrected chi connectivity index (χ0v) is 11.3. The van der Waals surface area contributed by atoms with Crippen LogP contribution in [0.1, 0.15) is 31.2 Å². The van der Waals surface area contributed by atoms with Gasteiger partial charge in [-0.1, -0.05) is 28.8 Å². The molecule has 0 unspecified atom stereocenters. The van der Waals surface area contributed by atoms with E-state index < -0.39 is 0 Å². The summed E-state index contributed by atoms with van der Waals surface area (Å²) in [5.41, 5.74) is 6.54. The predicted octanol–water partition coefficient (Wildman–Crippen LogP) is 3.38. The van der Waals surface area contributed by atoms with Crippen molar-refractivity contribution in [3.8, 4) is 0 Å². The van der Waals surface area contributed by atoms with Crippen molar-refractivity contribution in [2.24, 2.45) is 5.73 Å². The maximum absolute atomic E-state index is 13.4. The summed E-state index contributed by atoms with van der Waals surface area (Å²) in [6.45, 7) is 0.795. The highest BCUT2D eigenvalue weighted by Gasteiger charge is 2.29. The molecule has 1 aromatic carbocycles. The number of ether oxygens (including phenoxy) is 1. The lowest BCUT2D eigenvalue weighted by Gasteiger charge is -2.23. The topological polar surface area (TPSA) is 35.2 Å². The Labute approximate surface area is 109 Å². The maximum Gasteiger partial charge on any atom is 0.128 e. The standard InChI is InChI=1S/C13H17BrFNO/c14-11-3-4-12(15)10(7-11)8-17-9-13(16)5-1-2-6-13/h3-4,7H,1-2,5-6,8-9,16H2. The fourth-order valence-electron chi connectivity index (χ4n) is 2.24. The summed E-state index contributed by atoms with van der Waals surface area (Å²) < 4.78 is 19.9. The lowest BCUT2D eigenvalue weighted by molar-refractivity contribution is 0.0734. The van der Waals surface area contributed by atoms with Crippen molar-refractivity contribution < 1.29 is 9.13 Å². The molecule has 0 radical (unpaired) electrons. The second-order valence-electron chi connectivity index (χ2n) is 4.80. The van der Waals surface area contributed by atoms with Crippen LogP contribution < -0.4 is 5.73 Å². The largest absolute Gasteiger partial charge is 0.375 e. The van der Waals surface area contributed by atoms with E-state index in [9.17, 15) is 4.39 Å². The van der Waals surface area contributed by atoms with Crippen molar-refractivity contribution in [3.63, 3.8) is 0 Å². The first-order valence-electron chi connectivity index (χ1n) is 5.90. The molecule has 1 aliphatic carbocycles. The van der Waals surface area contributed by atoms with Gasteiger partial charge >= 0.3 is 0 Å². The van der Waals surface area contributed by atoms with E-state index in [1.165, 1.54) is 18.9 Å². The third-order valence-electron chi connectivity index (χ3n) is 3.25. The van der Waals surface area contributed by atoms with Crippen molar-refractivity contribution in [3.05, 3.63) is 34.1 Å². The van der Waals surface area contributed by atoms with Crippen molar-refractivity contribution in [2.45, 2.75) is 37.8 Å². The van der Waals surface area contributed by atoms with Gasteiger partial charge < -0.3 is 10.5 Å². The van der Waals surface area contributed by atoms with Gasteiger partial charge in [0.2, 0.25) is 0 Å². The lowest BCUT2D eigenvalue weighted by Crippen LogP contribution is -2.41. The Morgan fingerprint density at radius 2 is 2.06 bits per heavy atom. The molecule has 2 nitrogen and oxygen atoms in total. The molecule has 0 atom stereocenters. The Morgan fingerprint density at radius 3 is 2.76 bits per heavy atom. The van der Waals surface area contributed by atoms with Crippen LogP contribution in [0.2, 0.25) is 0 Å². The fourth-order valence-corrected chi connectivity index (χ4v) is 2.65. The molecule has 1 saturated carbocycles. The van der Waals surface area contributed by atoms with Crippen molar-refractivity contribution in [1.29, 1.82) is 0 Å². The zero-order chi connectivity index (χ0) is 12.3. The van der Waals surface area contributed by atoms with Crippen LogP contribution in [0.5, 0.6) is 0 Å². The highest BCUT2D eigenvalue weighted by molar-refractivity contribution is 9.10. The quantitative estimate of drug-likeness (QED) is 0.925. The van der Waals surface area contributed by atoms with Crippen LogP contribution in [0.4, 0.5) is 4.39 Å². The average Bonchev–Trinajstić information content (AvgIpc) is 2.71. The van der Waals surface area contributed by atoms with Crippen LogP contribution in [0, 0.1) is 5.82 Å². The van der Waals surface area contributed by atoms with Gasteiger partial charge in [0.15, 0.2) is 0 Å². The van der Waals surface area contributed by atoms with Gasteiger partial charge in [-0.05, 0) is 31.0 Å². The molecule has 0 aromatic heterocycles. The van der Waals surface area contributed by atoms with Crippen molar-refractivity contribution >= 4 is 15.9 Å². The van der Waals surface area contributed by atoms with Gasteiger partial charge in [-0.25, -0.2) is 4.39 Å². The van der Waals surface area contributed by atoms with Crippen LogP contribution in [-0.4, -0.2) is 12.1 Å². The molecule has 0 heterocycles. The molecule has 94 valence electrons. The first-order valence-corrected chi connectivity index (χ1v) is 6.69. The Hall–Kier alpha value is -0.450. The molecular formula is C13H17BrFNO. The third-order valence-corrected chi connectivity index (χ3v) is 3.75. The molecule has 4 heteroatoms. The molecule has 17 heavy (non-hydrogen) atoms. The van der Waals surface area contributed by atoms with Crippen LogP contribution in [0.25, 0.3) is 0 Å². The van der Waals surface area contributed by atoms with E-state index in [4.69, 9.17) is 10.5 Å². The summed E-state index contributed by atoms with van der Waals surface area (Å²) in [5, 5.41) is 0. The van der Waals surface area contributed by atoms with Gasteiger partial charge in [-0.2, -0.15) is 0 Å². The monoisotopic (exact) mass is 301 g/mol. The van der Waals surface area contributed by atoms with E-state index in [2.05, 4.69) is 15.9 Å². The molecule has 1 aromatic rings. The molecule has 0 saturated heterocycles. The molecule has 0 bridgehead atoms. The normalized spacial score (nSPS) is 18.5. The Bertz CT molecular complexity index is 391. The lowest BCUT2D eigenvalue weighted by atomic mass is 10.0. The molecule has 0 amide bonds. The zero-order valence-electron chi connectivity index (χ0n) is 9.72. The number of nitrogens with two attached hydrogens (primary N) is 1. The van der Waals surface area contributed by atoms with Gasteiger partial charge in [-0.15, -0.1) is 0 Å². The van der Waals surface area contributed by atoms with Crippen LogP contribution in [0.15, 0.2) is 22.7 Å². The molecule has 1 fully saturated rings. The fraction of sp³-hybridized carbons (Fsp3) is 0.538. The Kier molecular flexibility index (Phi) is 4.17. The third kappa shape index (κ3) is 3.50. The van der Waals surface area contributed by atoms with Gasteiger partial charge in [0.05, 0.1) is 13.2 Å². The van der Waals surface area contributed by atoms with E-state index in [1.807, 2.05) is 0 Å². The summed E-state index contributed by atoms with van der Waals surface area (Å²) in [6, 6.07) is 4.87. The summed E-state index contributed by atoms with van der Waals surface area (Å²) in [4.78, 5) is 0. The Balaban J connectivity index is 1.87. The number of hydrogen-bond donors (Lipinski definition) is 1. The first kappa shape index (κ1) is 13.0. The highest BCUT2D eigenvalue weighted by Crippen LogP contribution is 2.27. The maximum atomic E-state index is 13.4. The van der Waals surface area contributed by atoms with Gasteiger partial charge in [0.1, 0.15) is 5.82 Å². The minimum absolute atomic E-state index is 0.192. The van der Waals surface area contributed by atoms with Crippen LogP contribution in [-0.2, 0) is 11.3 Å². The van der Waals surface area contributed by atoms with Crippen molar-refractivity contribution in [1.82, 2.24) is 0 Å². The minimum Gasteiger partial charge on any atom is -0.375 e. The van der Waals surface area contributed by atoms with E-state index >= 15 is 0 Å². The number of halogens is 2. The number of hydrogen-bond acceptors (Lipinski definition) is 2. The molecule has 2 rings (SSSR count). The van der Waals surface area contributed by atoms with Gasteiger partial charge in [0, 0.05) is 15.6 Å². The van der Waals surface area contributed by atoms with E-state index in [0.717, 1.165) is 17.3 Å². The second-order valence-corrected chi connectivity index (χ2v) is 5.71. The summed E-state index contributed by atoms with van der Waals surface area (Å²) in [6.07, 6.45) is 4.36. The van der Waals surface area contributed by atoms with Gasteiger partial charge in [-0.3, -0.25) is 0 Å². The van der Waals surface area contributed by atoms with E-state index in [1.54, 1.807) is 12.1 Å². The Morgan fingerprint density at radius 1 is 1.35 bits per heavy atom. The number of rotatable bonds is 4. The predicted molar refractivity (Wildman–Crippen MR) is 69.1 cm³/mol. The summed E-state index contributed by atoms with van der Waals surface area (Å²) >= 11 is 3.32. The SMILES string of the molecule is NC1(COCc2cc(Br)ccc2F)CCCC1. The molecule has 0 aliphatic heterocycles. The molecule has 1 aliphatic rings. The van der Waals surface area contributed by atoms with Crippen LogP contribution >= 0.6 is 15.9 Å². The van der Waals surface area contributed by atoms with Crippen LogP contribution in [0.3, 0.4) is 0 Å². The van der Waals surface area contributed by atoms with Gasteiger partial charge in [0.25, 0.3) is 0 Å². The smallest absolute Gasteiger partial charge is 0.128 e. The summed E-state index contributed by atoms with van der Waals surface area (Å²) in [5.74, 6) is -0.231. The number of benzene rings is 1. The molecular weight excluding hydrogens is 285 g/mol. The summed E-state index contributed by atoms with van der Waals surface area (Å²) in [7, 11) is 0. The molecule has 2 N–H and O–H groups in total. The minimum atomic E-state index is -0.231. The van der Waals surface area contributed by atoms with Crippen molar-refractivity contribution in [2.75, 3.05) is 6.61 Å². The highest BCUT2D eigenvalue weighted by atomic mass is 79.9. The van der Waals surface area contributed by atoms with E-state index in [0.29, 0.717) is 12.2 Å². The van der Waals surface area contributed by atoms with E-state index in [-0.39, 0.29) is 18.0 Å². The first-order chi connectivity index (χ1) is 8.09. The second kappa shape index (κ2) is 5.46. The molecule has 0 spiro atoms. The average molecular weight is 302 g/mol.